The van der Waals surface area contributed by atoms with Crippen LogP contribution in [0.25, 0.3) is 0 Å². The first-order chi connectivity index (χ1) is 14.1. The van der Waals surface area contributed by atoms with E-state index in [1.54, 1.807) is 31.2 Å². The van der Waals surface area contributed by atoms with Crippen LogP contribution in [0.5, 0.6) is 0 Å². The van der Waals surface area contributed by atoms with Crippen molar-refractivity contribution in [1.29, 1.82) is 0 Å². The van der Waals surface area contributed by atoms with Gasteiger partial charge in [0.05, 0.1) is 5.56 Å². The van der Waals surface area contributed by atoms with Crippen LogP contribution in [-0.4, -0.2) is 41.9 Å². The summed E-state index contributed by atoms with van der Waals surface area (Å²) in [5.41, 5.74) is 0.772. The van der Waals surface area contributed by atoms with Crippen molar-refractivity contribution in [3.05, 3.63) is 45.8 Å². The van der Waals surface area contributed by atoms with E-state index in [9.17, 15) is 14.4 Å². The van der Waals surface area contributed by atoms with Gasteiger partial charge in [-0.25, -0.2) is 4.79 Å². The minimum absolute atomic E-state index is 0.184. The molecule has 0 radical (unpaired) electrons. The zero-order chi connectivity index (χ0) is 22.1. The molecule has 1 saturated heterocycles. The molecule has 3 rings (SSSR count). The van der Waals surface area contributed by atoms with Gasteiger partial charge in [0.1, 0.15) is 11.0 Å². The topological polar surface area (TPSA) is 90.5 Å². The molecule has 160 valence electrons. The van der Waals surface area contributed by atoms with Crippen molar-refractivity contribution in [3.63, 3.8) is 0 Å². The van der Waals surface area contributed by atoms with Crippen molar-refractivity contribution >= 4 is 51.5 Å². The van der Waals surface area contributed by atoms with Gasteiger partial charge in [-0.1, -0.05) is 32.4 Å². The third kappa shape index (κ3) is 4.94. The number of thiophene rings is 1. The maximum Gasteiger partial charge on any atom is 0.324 e. The number of rotatable bonds is 3. The fraction of sp³-hybridized carbons (Fsp3) is 0.381. The number of carbonyl (C=O) groups excluding carboxylic acids is 3. The highest BCUT2D eigenvalue weighted by Crippen LogP contribution is 2.37. The van der Waals surface area contributed by atoms with Crippen LogP contribution >= 0.6 is 22.9 Å². The average Bonchev–Trinajstić information content (AvgIpc) is 3.09. The number of carbonyl (C=O) groups is 3. The Morgan fingerprint density at radius 1 is 1.20 bits per heavy atom. The van der Waals surface area contributed by atoms with Gasteiger partial charge in [0.25, 0.3) is 5.91 Å². The molecule has 0 saturated carbocycles. The fourth-order valence-electron chi connectivity index (χ4n) is 3.03. The van der Waals surface area contributed by atoms with Crippen molar-refractivity contribution < 1.29 is 14.4 Å². The lowest BCUT2D eigenvalue weighted by atomic mass is 9.94. The summed E-state index contributed by atoms with van der Waals surface area (Å²) >= 11 is 7.24. The highest BCUT2D eigenvalue weighted by molar-refractivity contribution is 7.16. The third-order valence-corrected chi connectivity index (χ3v) is 6.52. The second-order valence-corrected chi connectivity index (χ2v) is 9.64. The van der Waals surface area contributed by atoms with E-state index < -0.39 is 12.1 Å². The summed E-state index contributed by atoms with van der Waals surface area (Å²) in [4.78, 5) is 40.3. The van der Waals surface area contributed by atoms with E-state index in [1.807, 2.05) is 26.8 Å². The van der Waals surface area contributed by atoms with E-state index in [0.29, 0.717) is 34.4 Å². The Morgan fingerprint density at radius 2 is 1.87 bits per heavy atom. The predicted octanol–water partition coefficient (Wildman–Crippen LogP) is 4.30. The predicted molar refractivity (Wildman–Crippen MR) is 121 cm³/mol. The van der Waals surface area contributed by atoms with Crippen LogP contribution in [0, 0.1) is 0 Å². The molecule has 30 heavy (non-hydrogen) atoms. The Balaban J connectivity index is 1.86. The van der Waals surface area contributed by atoms with E-state index >= 15 is 0 Å². The maximum absolute atomic E-state index is 13.3. The molecule has 0 spiro atoms. The monoisotopic (exact) mass is 448 g/mol. The maximum atomic E-state index is 13.3. The molecule has 1 atom stereocenters. The molecule has 0 aliphatic carbocycles. The molecule has 9 heteroatoms. The first-order valence-electron chi connectivity index (χ1n) is 9.63. The summed E-state index contributed by atoms with van der Waals surface area (Å²) in [7, 11) is 0. The zero-order valence-corrected chi connectivity index (χ0v) is 18.9. The minimum atomic E-state index is -0.569. The Morgan fingerprint density at radius 3 is 2.50 bits per heavy atom. The van der Waals surface area contributed by atoms with Gasteiger partial charge in [0.15, 0.2) is 0 Å². The lowest BCUT2D eigenvalue weighted by Crippen LogP contribution is -2.55. The van der Waals surface area contributed by atoms with Gasteiger partial charge in [-0.3, -0.25) is 14.9 Å². The normalized spacial score (nSPS) is 16.8. The number of urea groups is 1. The summed E-state index contributed by atoms with van der Waals surface area (Å²) in [6, 6.07) is 7.52. The molecule has 1 unspecified atom stereocenters. The van der Waals surface area contributed by atoms with Gasteiger partial charge in [0.2, 0.25) is 5.91 Å². The molecular weight excluding hydrogens is 424 g/mol. The van der Waals surface area contributed by atoms with Gasteiger partial charge in [-0.05, 0) is 42.7 Å². The van der Waals surface area contributed by atoms with Gasteiger partial charge in [-0.15, -0.1) is 11.3 Å². The Kier molecular flexibility index (Phi) is 6.38. The van der Waals surface area contributed by atoms with E-state index in [1.165, 1.54) is 16.2 Å². The van der Waals surface area contributed by atoms with Crippen molar-refractivity contribution in [2.75, 3.05) is 23.7 Å². The first kappa shape index (κ1) is 22.1. The number of halogens is 1. The third-order valence-electron chi connectivity index (χ3n) is 4.79. The van der Waals surface area contributed by atoms with E-state index in [0.717, 1.165) is 4.88 Å². The molecule has 2 aromatic rings. The minimum Gasteiger partial charge on any atom is -0.353 e. The smallest absolute Gasteiger partial charge is 0.324 e. The number of amides is 4. The largest absolute Gasteiger partial charge is 0.353 e. The zero-order valence-electron chi connectivity index (χ0n) is 17.3. The van der Waals surface area contributed by atoms with Crippen LogP contribution in [0.2, 0.25) is 5.02 Å². The summed E-state index contributed by atoms with van der Waals surface area (Å²) in [6.07, 6.45) is 0. The van der Waals surface area contributed by atoms with Gasteiger partial charge < -0.3 is 15.5 Å². The SMILES string of the molecule is CC1C(=O)NCCN1C(=O)c1cc(C(C)(C)C)sc1NC(=O)Nc1ccc(Cl)cc1. The van der Waals surface area contributed by atoms with Gasteiger partial charge >= 0.3 is 6.03 Å². The standard InChI is InChI=1S/C21H25ClN4O3S/c1-12-17(27)23-9-10-26(12)19(28)15-11-16(21(2,3)4)30-18(15)25-20(29)24-14-7-5-13(22)6-8-14/h5-8,11-12H,9-10H2,1-4H3,(H,23,27)(H2,24,25,29). The molecule has 1 aromatic heterocycles. The summed E-state index contributed by atoms with van der Waals surface area (Å²) in [6.45, 7) is 8.66. The lowest BCUT2D eigenvalue weighted by Gasteiger charge is -2.32. The lowest BCUT2D eigenvalue weighted by molar-refractivity contribution is -0.127. The molecule has 0 bridgehead atoms. The van der Waals surface area contributed by atoms with Crippen LogP contribution in [0.15, 0.2) is 30.3 Å². The number of hydrogen-bond donors (Lipinski definition) is 3. The number of nitrogens with zero attached hydrogens (tertiary/aromatic N) is 1. The van der Waals surface area contributed by atoms with Crippen LogP contribution in [0.4, 0.5) is 15.5 Å². The van der Waals surface area contributed by atoms with Crippen LogP contribution in [0.1, 0.15) is 42.9 Å². The molecule has 7 nitrogen and oxygen atoms in total. The van der Waals surface area contributed by atoms with Crippen molar-refractivity contribution in [3.8, 4) is 0 Å². The van der Waals surface area contributed by atoms with E-state index in [4.69, 9.17) is 11.6 Å². The molecular formula is C21H25ClN4O3S. The molecule has 2 heterocycles. The van der Waals surface area contributed by atoms with Gasteiger partial charge in [0, 0.05) is 28.7 Å². The van der Waals surface area contributed by atoms with Crippen LogP contribution in [0.3, 0.4) is 0 Å². The van der Waals surface area contributed by atoms with E-state index in [-0.39, 0.29) is 17.2 Å². The molecule has 3 N–H and O–H groups in total. The van der Waals surface area contributed by atoms with Crippen LogP contribution in [-0.2, 0) is 10.2 Å². The highest BCUT2D eigenvalue weighted by Gasteiger charge is 2.33. The van der Waals surface area contributed by atoms with Crippen molar-refractivity contribution in [1.82, 2.24) is 10.2 Å². The molecule has 1 fully saturated rings. The molecule has 4 amide bonds. The molecule has 1 aliphatic heterocycles. The molecule has 1 aliphatic rings. The van der Waals surface area contributed by atoms with Crippen molar-refractivity contribution in [2.45, 2.75) is 39.2 Å². The Bertz CT molecular complexity index is 966. The van der Waals surface area contributed by atoms with Gasteiger partial charge in [-0.2, -0.15) is 0 Å². The van der Waals surface area contributed by atoms with Crippen molar-refractivity contribution in [2.24, 2.45) is 0 Å². The van der Waals surface area contributed by atoms with E-state index in [2.05, 4.69) is 16.0 Å². The summed E-state index contributed by atoms with van der Waals surface area (Å²) < 4.78 is 0. The Hall–Kier alpha value is -2.58. The quantitative estimate of drug-likeness (QED) is 0.653. The second-order valence-electron chi connectivity index (χ2n) is 8.16. The molecule has 1 aromatic carbocycles. The number of anilines is 2. The number of hydrogen-bond acceptors (Lipinski definition) is 4. The number of nitrogens with one attached hydrogen (secondary N) is 3. The summed E-state index contributed by atoms with van der Waals surface area (Å²) in [5, 5.41) is 9.32. The first-order valence-corrected chi connectivity index (χ1v) is 10.8. The number of benzene rings is 1. The summed E-state index contributed by atoms with van der Waals surface area (Å²) in [5.74, 6) is -0.457. The second kappa shape index (κ2) is 8.65. The fourth-order valence-corrected chi connectivity index (χ4v) is 4.25. The Labute approximate surface area is 184 Å². The highest BCUT2D eigenvalue weighted by atomic mass is 35.5. The average molecular weight is 449 g/mol. The number of piperazine rings is 1. The van der Waals surface area contributed by atoms with Crippen LogP contribution < -0.4 is 16.0 Å².